The predicted molar refractivity (Wildman–Crippen MR) is 55.3 cm³/mol. The van der Waals surface area contributed by atoms with E-state index in [0.29, 0.717) is 12.8 Å². The van der Waals surface area contributed by atoms with E-state index < -0.39 is 11.5 Å². The van der Waals surface area contributed by atoms with Gasteiger partial charge >= 0.3 is 0 Å². The molecule has 0 unspecified atom stereocenters. The molecule has 2 rings (SSSR count). The Bertz CT molecular complexity index is 405. The first-order chi connectivity index (χ1) is 7.59. The molecule has 0 bridgehead atoms. The second-order valence-corrected chi connectivity index (χ2v) is 4.13. The molecular weight excluding hydrogens is 211 g/mol. The monoisotopic (exact) mass is 224 g/mol. The number of hydrogen-bond acceptors (Lipinski definition) is 3. The first kappa shape index (κ1) is 11.0. The summed E-state index contributed by atoms with van der Waals surface area (Å²) in [5.41, 5.74) is -0.545. The first-order valence-corrected chi connectivity index (χ1v) is 5.21. The standard InChI is InChI=1S/C11H13FN2O2/c12-9-6-8(2-5-13-9)10(15)14-7-11(16)3-1-4-11/h2,5-6,16H,1,3-4,7H2,(H,14,15). The van der Waals surface area contributed by atoms with Crippen LogP contribution in [-0.2, 0) is 0 Å². The van der Waals surface area contributed by atoms with Crippen LogP contribution in [0, 0.1) is 5.95 Å². The number of rotatable bonds is 3. The van der Waals surface area contributed by atoms with Crippen LogP contribution >= 0.6 is 0 Å². The molecule has 0 aliphatic heterocycles. The van der Waals surface area contributed by atoms with E-state index >= 15 is 0 Å². The lowest BCUT2D eigenvalue weighted by atomic mass is 9.80. The van der Waals surface area contributed by atoms with Crippen LogP contribution in [0.3, 0.4) is 0 Å². The van der Waals surface area contributed by atoms with E-state index in [1.807, 2.05) is 0 Å². The molecule has 1 aliphatic rings. The minimum Gasteiger partial charge on any atom is -0.388 e. The fourth-order valence-corrected chi connectivity index (χ4v) is 1.65. The maximum atomic E-state index is 12.7. The van der Waals surface area contributed by atoms with Crippen LogP contribution in [0.25, 0.3) is 0 Å². The van der Waals surface area contributed by atoms with Crippen LogP contribution in [0.5, 0.6) is 0 Å². The lowest BCUT2D eigenvalue weighted by Crippen LogP contribution is -2.47. The van der Waals surface area contributed by atoms with Gasteiger partial charge in [0.25, 0.3) is 5.91 Å². The zero-order chi connectivity index (χ0) is 11.6. The molecule has 1 aromatic heterocycles. The summed E-state index contributed by atoms with van der Waals surface area (Å²) in [5, 5.41) is 12.3. The molecule has 0 saturated heterocycles. The summed E-state index contributed by atoms with van der Waals surface area (Å²) in [7, 11) is 0. The van der Waals surface area contributed by atoms with Crippen LogP contribution in [0.15, 0.2) is 18.3 Å². The van der Waals surface area contributed by atoms with Crippen LogP contribution in [-0.4, -0.2) is 28.1 Å². The quantitative estimate of drug-likeness (QED) is 0.749. The highest BCUT2D eigenvalue weighted by molar-refractivity contribution is 5.94. The number of carbonyl (C=O) groups excluding carboxylic acids is 1. The van der Waals surface area contributed by atoms with Gasteiger partial charge in [0, 0.05) is 24.4 Å². The second-order valence-electron chi connectivity index (χ2n) is 4.13. The number of nitrogens with zero attached hydrogens (tertiary/aromatic N) is 1. The number of halogens is 1. The van der Waals surface area contributed by atoms with Gasteiger partial charge in [-0.3, -0.25) is 4.79 Å². The summed E-state index contributed by atoms with van der Waals surface area (Å²) < 4.78 is 12.7. The number of nitrogens with one attached hydrogen (secondary N) is 1. The summed E-state index contributed by atoms with van der Waals surface area (Å²) in [6, 6.07) is 2.50. The van der Waals surface area contributed by atoms with Gasteiger partial charge in [0.2, 0.25) is 5.95 Å². The highest BCUT2D eigenvalue weighted by Crippen LogP contribution is 2.30. The van der Waals surface area contributed by atoms with Crippen LogP contribution in [0.4, 0.5) is 4.39 Å². The molecule has 1 aliphatic carbocycles. The van der Waals surface area contributed by atoms with E-state index in [-0.39, 0.29) is 18.0 Å². The molecular formula is C11H13FN2O2. The van der Waals surface area contributed by atoms with Crippen molar-refractivity contribution in [2.45, 2.75) is 24.9 Å². The third kappa shape index (κ3) is 2.36. The minimum absolute atomic E-state index is 0.218. The Labute approximate surface area is 92.5 Å². The third-order valence-electron chi connectivity index (χ3n) is 2.85. The molecule has 16 heavy (non-hydrogen) atoms. The van der Waals surface area contributed by atoms with Crippen molar-refractivity contribution in [1.29, 1.82) is 0 Å². The van der Waals surface area contributed by atoms with Gasteiger partial charge in [-0.1, -0.05) is 0 Å². The second kappa shape index (κ2) is 4.17. The largest absolute Gasteiger partial charge is 0.388 e. The van der Waals surface area contributed by atoms with E-state index in [0.717, 1.165) is 12.5 Å². The van der Waals surface area contributed by atoms with Gasteiger partial charge in [0.1, 0.15) is 0 Å². The Balaban J connectivity index is 1.93. The van der Waals surface area contributed by atoms with E-state index in [9.17, 15) is 14.3 Å². The molecule has 1 fully saturated rings. The summed E-state index contributed by atoms with van der Waals surface area (Å²) >= 11 is 0. The molecule has 2 N–H and O–H groups in total. The van der Waals surface area contributed by atoms with Crippen molar-refractivity contribution >= 4 is 5.91 Å². The van der Waals surface area contributed by atoms with Crippen molar-refractivity contribution in [1.82, 2.24) is 10.3 Å². The highest BCUT2D eigenvalue weighted by Gasteiger charge is 2.34. The van der Waals surface area contributed by atoms with Gasteiger partial charge in [0.15, 0.2) is 0 Å². The van der Waals surface area contributed by atoms with E-state index in [4.69, 9.17) is 0 Å². The van der Waals surface area contributed by atoms with Crippen LogP contribution < -0.4 is 5.32 Å². The lowest BCUT2D eigenvalue weighted by molar-refractivity contribution is -0.0300. The van der Waals surface area contributed by atoms with Gasteiger partial charge < -0.3 is 10.4 Å². The normalized spacial score (nSPS) is 17.6. The number of pyridine rings is 1. The fourth-order valence-electron chi connectivity index (χ4n) is 1.65. The molecule has 1 amide bonds. The van der Waals surface area contributed by atoms with Gasteiger partial charge in [-0.15, -0.1) is 0 Å². The van der Waals surface area contributed by atoms with E-state index in [1.165, 1.54) is 12.3 Å². The number of aliphatic hydroxyl groups is 1. The molecule has 86 valence electrons. The topological polar surface area (TPSA) is 62.2 Å². The number of hydrogen-bond donors (Lipinski definition) is 2. The van der Waals surface area contributed by atoms with Crippen molar-refractivity contribution < 1.29 is 14.3 Å². The van der Waals surface area contributed by atoms with Gasteiger partial charge in [-0.2, -0.15) is 4.39 Å². The third-order valence-corrected chi connectivity index (χ3v) is 2.85. The molecule has 0 aromatic carbocycles. The Hall–Kier alpha value is -1.49. The first-order valence-electron chi connectivity index (χ1n) is 5.21. The number of aromatic nitrogens is 1. The van der Waals surface area contributed by atoms with Gasteiger partial charge in [-0.25, -0.2) is 4.98 Å². The van der Waals surface area contributed by atoms with Crippen LogP contribution in [0.2, 0.25) is 0 Å². The smallest absolute Gasteiger partial charge is 0.251 e. The molecule has 1 aromatic rings. The molecule has 5 heteroatoms. The molecule has 0 spiro atoms. The molecule has 1 saturated carbocycles. The average molecular weight is 224 g/mol. The summed E-state index contributed by atoms with van der Waals surface area (Å²) in [6.45, 7) is 0.218. The average Bonchev–Trinajstić information content (AvgIpc) is 2.23. The summed E-state index contributed by atoms with van der Waals surface area (Å²) in [6.07, 6.45) is 3.63. The Kier molecular flexibility index (Phi) is 2.87. The zero-order valence-electron chi connectivity index (χ0n) is 8.74. The van der Waals surface area contributed by atoms with Crippen molar-refractivity contribution in [3.63, 3.8) is 0 Å². The molecule has 0 radical (unpaired) electrons. The number of carbonyl (C=O) groups is 1. The Morgan fingerprint density at radius 1 is 1.62 bits per heavy atom. The van der Waals surface area contributed by atoms with Crippen LogP contribution in [0.1, 0.15) is 29.6 Å². The van der Waals surface area contributed by atoms with Crippen molar-refractivity contribution in [2.75, 3.05) is 6.54 Å². The zero-order valence-corrected chi connectivity index (χ0v) is 8.74. The minimum atomic E-state index is -0.763. The Morgan fingerprint density at radius 3 is 2.94 bits per heavy atom. The lowest BCUT2D eigenvalue weighted by Gasteiger charge is -2.36. The van der Waals surface area contributed by atoms with Gasteiger partial charge in [0.05, 0.1) is 5.60 Å². The fraction of sp³-hybridized carbons (Fsp3) is 0.455. The van der Waals surface area contributed by atoms with Crippen molar-refractivity contribution in [2.24, 2.45) is 0 Å². The summed E-state index contributed by atoms with van der Waals surface area (Å²) in [5.74, 6) is -1.07. The predicted octanol–water partition coefficient (Wildman–Crippen LogP) is 0.865. The highest BCUT2D eigenvalue weighted by atomic mass is 19.1. The maximum absolute atomic E-state index is 12.7. The Morgan fingerprint density at radius 2 is 2.38 bits per heavy atom. The SMILES string of the molecule is O=C(NCC1(O)CCC1)c1ccnc(F)c1. The summed E-state index contributed by atoms with van der Waals surface area (Å²) in [4.78, 5) is 14.9. The van der Waals surface area contributed by atoms with Crippen molar-refractivity contribution in [3.05, 3.63) is 29.8 Å². The van der Waals surface area contributed by atoms with Gasteiger partial charge in [-0.05, 0) is 25.3 Å². The van der Waals surface area contributed by atoms with E-state index in [2.05, 4.69) is 10.3 Å². The van der Waals surface area contributed by atoms with E-state index in [1.54, 1.807) is 0 Å². The molecule has 4 nitrogen and oxygen atoms in total. The maximum Gasteiger partial charge on any atom is 0.251 e. The van der Waals surface area contributed by atoms with Crippen molar-refractivity contribution in [3.8, 4) is 0 Å². The molecule has 1 heterocycles. The molecule has 0 atom stereocenters. The number of amides is 1.